The maximum Gasteiger partial charge on any atom is 0.123 e. The molecule has 0 amide bonds. The zero-order valence-electron chi connectivity index (χ0n) is 10.4. The van der Waals surface area contributed by atoms with Gasteiger partial charge in [-0.25, -0.2) is 4.39 Å². The first-order valence-corrected chi connectivity index (χ1v) is 6.35. The molecule has 2 aromatic carbocycles. The highest BCUT2D eigenvalue weighted by Gasteiger charge is 2.14. The molecule has 1 atom stereocenters. The minimum Gasteiger partial charge on any atom is -0.494 e. The van der Waals surface area contributed by atoms with Crippen LogP contribution in [0.2, 0.25) is 5.02 Å². The van der Waals surface area contributed by atoms with Crippen molar-refractivity contribution in [3.05, 3.63) is 64.4 Å². The first-order chi connectivity index (χ1) is 9.11. The van der Waals surface area contributed by atoms with Gasteiger partial charge in [0.25, 0.3) is 0 Å². The molecule has 0 saturated carbocycles. The standard InChI is InChI=1S/C15H14ClFO2/c1-2-19-12-6-3-10(4-7-12)15(18)13-9-11(17)5-8-14(13)16/h3-9,15,18H,2H2,1H3. The van der Waals surface area contributed by atoms with Crippen LogP contribution < -0.4 is 4.74 Å². The van der Waals surface area contributed by atoms with Crippen LogP contribution in [0.1, 0.15) is 24.2 Å². The molecule has 0 aromatic heterocycles. The molecule has 0 aliphatic heterocycles. The van der Waals surface area contributed by atoms with Crippen molar-refractivity contribution in [2.75, 3.05) is 6.61 Å². The number of halogens is 2. The molecule has 1 N–H and O–H groups in total. The summed E-state index contributed by atoms with van der Waals surface area (Å²) >= 11 is 5.97. The van der Waals surface area contributed by atoms with E-state index in [1.165, 1.54) is 18.2 Å². The predicted octanol–water partition coefficient (Wildman–Crippen LogP) is 3.96. The van der Waals surface area contributed by atoms with E-state index in [0.29, 0.717) is 22.8 Å². The first kappa shape index (κ1) is 13.8. The highest BCUT2D eigenvalue weighted by Crippen LogP contribution is 2.29. The normalized spacial score (nSPS) is 12.2. The molecular formula is C15H14ClFO2. The smallest absolute Gasteiger partial charge is 0.123 e. The van der Waals surface area contributed by atoms with Crippen LogP contribution in [0.15, 0.2) is 42.5 Å². The number of aliphatic hydroxyl groups excluding tert-OH is 1. The van der Waals surface area contributed by atoms with Crippen molar-refractivity contribution in [2.24, 2.45) is 0 Å². The highest BCUT2D eigenvalue weighted by molar-refractivity contribution is 6.31. The quantitative estimate of drug-likeness (QED) is 0.918. The lowest BCUT2D eigenvalue weighted by Crippen LogP contribution is -2.01. The minimum atomic E-state index is -0.959. The maximum absolute atomic E-state index is 13.2. The van der Waals surface area contributed by atoms with E-state index in [1.54, 1.807) is 24.3 Å². The van der Waals surface area contributed by atoms with Gasteiger partial charge in [-0.2, -0.15) is 0 Å². The van der Waals surface area contributed by atoms with Gasteiger partial charge >= 0.3 is 0 Å². The lowest BCUT2D eigenvalue weighted by Gasteiger charge is -2.14. The van der Waals surface area contributed by atoms with Crippen LogP contribution in [-0.4, -0.2) is 11.7 Å². The summed E-state index contributed by atoms with van der Waals surface area (Å²) in [5.74, 6) is 0.299. The van der Waals surface area contributed by atoms with Crippen LogP contribution in [0, 0.1) is 5.82 Å². The summed E-state index contributed by atoms with van der Waals surface area (Å²) in [7, 11) is 0. The topological polar surface area (TPSA) is 29.5 Å². The van der Waals surface area contributed by atoms with E-state index in [9.17, 15) is 9.50 Å². The SMILES string of the molecule is CCOc1ccc(C(O)c2cc(F)ccc2Cl)cc1. The summed E-state index contributed by atoms with van der Waals surface area (Å²) in [5, 5.41) is 10.6. The number of rotatable bonds is 4. The third kappa shape index (κ3) is 3.25. The van der Waals surface area contributed by atoms with E-state index in [4.69, 9.17) is 16.3 Å². The van der Waals surface area contributed by atoms with Gasteiger partial charge in [0.05, 0.1) is 6.61 Å². The van der Waals surface area contributed by atoms with E-state index in [1.807, 2.05) is 6.92 Å². The Balaban J connectivity index is 2.27. The van der Waals surface area contributed by atoms with Gasteiger partial charge in [-0.3, -0.25) is 0 Å². The Morgan fingerprint density at radius 2 is 1.89 bits per heavy atom. The average Bonchev–Trinajstić information content (AvgIpc) is 2.42. The van der Waals surface area contributed by atoms with Crippen molar-refractivity contribution in [1.29, 1.82) is 0 Å². The fourth-order valence-corrected chi connectivity index (χ4v) is 2.04. The number of benzene rings is 2. The van der Waals surface area contributed by atoms with Crippen LogP contribution in [0.25, 0.3) is 0 Å². The van der Waals surface area contributed by atoms with E-state index >= 15 is 0 Å². The van der Waals surface area contributed by atoms with Gasteiger partial charge in [-0.1, -0.05) is 23.7 Å². The number of aliphatic hydroxyl groups is 1. The van der Waals surface area contributed by atoms with Crippen molar-refractivity contribution in [1.82, 2.24) is 0 Å². The molecule has 2 aromatic rings. The lowest BCUT2D eigenvalue weighted by molar-refractivity contribution is 0.219. The predicted molar refractivity (Wildman–Crippen MR) is 73.1 cm³/mol. The van der Waals surface area contributed by atoms with E-state index < -0.39 is 11.9 Å². The van der Waals surface area contributed by atoms with Gasteiger partial charge in [0.2, 0.25) is 0 Å². The number of hydrogen-bond donors (Lipinski definition) is 1. The molecule has 1 unspecified atom stereocenters. The van der Waals surface area contributed by atoms with Gasteiger partial charge in [0, 0.05) is 10.6 Å². The average molecular weight is 281 g/mol. The molecular weight excluding hydrogens is 267 g/mol. The molecule has 4 heteroatoms. The maximum atomic E-state index is 13.2. The second kappa shape index (κ2) is 6.04. The fraction of sp³-hybridized carbons (Fsp3) is 0.200. The Hall–Kier alpha value is -1.58. The van der Waals surface area contributed by atoms with Crippen LogP contribution in [0.4, 0.5) is 4.39 Å². The summed E-state index contributed by atoms with van der Waals surface area (Å²) in [6.45, 7) is 2.48. The third-order valence-corrected chi connectivity index (χ3v) is 3.10. The third-order valence-electron chi connectivity index (χ3n) is 2.76. The van der Waals surface area contributed by atoms with E-state index in [2.05, 4.69) is 0 Å². The van der Waals surface area contributed by atoms with Crippen molar-refractivity contribution < 1.29 is 14.2 Å². The van der Waals surface area contributed by atoms with Crippen molar-refractivity contribution >= 4 is 11.6 Å². The Kier molecular flexibility index (Phi) is 4.40. The molecule has 19 heavy (non-hydrogen) atoms. The summed E-state index contributed by atoms with van der Waals surface area (Å²) in [4.78, 5) is 0. The molecule has 0 radical (unpaired) electrons. The van der Waals surface area contributed by atoms with Gasteiger partial charge in [-0.15, -0.1) is 0 Å². The van der Waals surface area contributed by atoms with Crippen molar-refractivity contribution in [2.45, 2.75) is 13.0 Å². The van der Waals surface area contributed by atoms with Gasteiger partial charge in [-0.05, 0) is 42.8 Å². The molecule has 2 nitrogen and oxygen atoms in total. The van der Waals surface area contributed by atoms with Crippen LogP contribution in [-0.2, 0) is 0 Å². The highest BCUT2D eigenvalue weighted by atomic mass is 35.5. The zero-order valence-corrected chi connectivity index (χ0v) is 11.2. The second-order valence-electron chi connectivity index (χ2n) is 4.07. The van der Waals surface area contributed by atoms with E-state index in [0.717, 1.165) is 5.75 Å². The molecule has 100 valence electrons. The summed E-state index contributed by atoms with van der Waals surface area (Å²) in [5.41, 5.74) is 0.988. The minimum absolute atomic E-state index is 0.336. The zero-order chi connectivity index (χ0) is 13.8. The van der Waals surface area contributed by atoms with E-state index in [-0.39, 0.29) is 0 Å². The Labute approximate surface area is 116 Å². The second-order valence-corrected chi connectivity index (χ2v) is 4.48. The van der Waals surface area contributed by atoms with Gasteiger partial charge in [0.1, 0.15) is 17.7 Å². The van der Waals surface area contributed by atoms with Gasteiger partial charge in [0.15, 0.2) is 0 Å². The largest absolute Gasteiger partial charge is 0.494 e. The van der Waals surface area contributed by atoms with Crippen LogP contribution in [0.5, 0.6) is 5.75 Å². The number of hydrogen-bond acceptors (Lipinski definition) is 2. The monoisotopic (exact) mass is 280 g/mol. The molecule has 0 aliphatic rings. The van der Waals surface area contributed by atoms with Crippen LogP contribution >= 0.6 is 11.6 Å². The van der Waals surface area contributed by atoms with Crippen LogP contribution in [0.3, 0.4) is 0 Å². The summed E-state index contributed by atoms with van der Waals surface area (Å²) < 4.78 is 18.5. The Bertz CT molecular complexity index is 555. The molecule has 0 bridgehead atoms. The number of ether oxygens (including phenoxy) is 1. The lowest BCUT2D eigenvalue weighted by atomic mass is 10.0. The molecule has 0 fully saturated rings. The molecule has 0 spiro atoms. The first-order valence-electron chi connectivity index (χ1n) is 5.97. The molecule has 2 rings (SSSR count). The Morgan fingerprint density at radius 3 is 2.53 bits per heavy atom. The summed E-state index contributed by atoms with van der Waals surface area (Å²) in [6.07, 6.45) is -0.959. The molecule has 0 saturated heterocycles. The molecule has 0 heterocycles. The summed E-state index contributed by atoms with van der Waals surface area (Å²) in [6, 6.07) is 10.9. The van der Waals surface area contributed by atoms with Crippen molar-refractivity contribution in [3.8, 4) is 5.75 Å². The molecule has 0 aliphatic carbocycles. The Morgan fingerprint density at radius 1 is 1.21 bits per heavy atom. The van der Waals surface area contributed by atoms with Gasteiger partial charge < -0.3 is 9.84 Å². The van der Waals surface area contributed by atoms with Crippen molar-refractivity contribution in [3.63, 3.8) is 0 Å². The fourth-order valence-electron chi connectivity index (χ4n) is 1.82.